The third kappa shape index (κ3) is 4.21. The molecule has 2 nitrogen and oxygen atoms in total. The van der Waals surface area contributed by atoms with E-state index in [4.69, 9.17) is 0 Å². The molecule has 1 heterocycles. The zero-order chi connectivity index (χ0) is 14.6. The van der Waals surface area contributed by atoms with Crippen LogP contribution in [-0.4, -0.2) is 36.8 Å². The van der Waals surface area contributed by atoms with Crippen LogP contribution in [0.25, 0.3) is 0 Å². The Balaban J connectivity index is 2.00. The number of likely N-dealkylation sites (tertiary alicyclic amines) is 1. The highest BCUT2D eigenvalue weighted by Gasteiger charge is 2.41. The molecule has 1 saturated heterocycles. The molecule has 1 aliphatic heterocycles. The predicted octanol–water partition coefficient (Wildman–Crippen LogP) is 3.36. The molecule has 2 atom stereocenters. The maximum atomic E-state index is 13.2. The first kappa shape index (κ1) is 15.3. The highest BCUT2D eigenvalue weighted by atomic mass is 19.4. The van der Waals surface area contributed by atoms with Gasteiger partial charge in [-0.2, -0.15) is 13.2 Å². The molecule has 0 aromatic heterocycles. The summed E-state index contributed by atoms with van der Waals surface area (Å²) < 4.78 is 39.6. The summed E-state index contributed by atoms with van der Waals surface area (Å²) >= 11 is 0. The first-order valence-corrected chi connectivity index (χ1v) is 7.07. The lowest BCUT2D eigenvalue weighted by Gasteiger charge is -2.28. The van der Waals surface area contributed by atoms with Crippen molar-refractivity contribution in [1.29, 1.82) is 0 Å². The molecule has 0 amide bonds. The minimum absolute atomic E-state index is 0.195. The van der Waals surface area contributed by atoms with Gasteiger partial charge >= 0.3 is 6.18 Å². The molecule has 1 aromatic carbocycles. The van der Waals surface area contributed by atoms with Crippen LogP contribution in [0, 0.1) is 0 Å². The maximum absolute atomic E-state index is 13.2. The van der Waals surface area contributed by atoms with E-state index < -0.39 is 12.2 Å². The molecular weight excluding hydrogens is 265 g/mol. The molecule has 1 N–H and O–H groups in total. The van der Waals surface area contributed by atoms with Crippen LogP contribution >= 0.6 is 0 Å². The van der Waals surface area contributed by atoms with E-state index >= 15 is 0 Å². The van der Waals surface area contributed by atoms with Gasteiger partial charge in [0.05, 0.1) is 0 Å². The molecule has 0 radical (unpaired) electrons. The Kier molecular flexibility index (Phi) is 5.05. The molecule has 20 heavy (non-hydrogen) atoms. The van der Waals surface area contributed by atoms with Crippen molar-refractivity contribution >= 4 is 0 Å². The highest BCUT2D eigenvalue weighted by molar-refractivity contribution is 5.20. The van der Waals surface area contributed by atoms with Crippen molar-refractivity contribution in [3.05, 3.63) is 35.9 Å². The molecule has 0 bridgehead atoms. The molecule has 0 aliphatic carbocycles. The van der Waals surface area contributed by atoms with Gasteiger partial charge in [-0.05, 0) is 38.4 Å². The lowest BCUT2D eigenvalue weighted by Crippen LogP contribution is -2.44. The van der Waals surface area contributed by atoms with E-state index in [1.54, 1.807) is 18.2 Å². The topological polar surface area (TPSA) is 15.3 Å². The highest BCUT2D eigenvalue weighted by Crippen LogP contribution is 2.32. The third-order valence-electron chi connectivity index (χ3n) is 3.64. The lowest BCUT2D eigenvalue weighted by atomic mass is 10.1. The summed E-state index contributed by atoms with van der Waals surface area (Å²) in [6, 6.07) is 6.26. The number of alkyl halides is 3. The van der Waals surface area contributed by atoms with Crippen molar-refractivity contribution in [2.45, 2.75) is 38.0 Å². The Morgan fingerprint density at radius 2 is 1.75 bits per heavy atom. The average Bonchev–Trinajstić information content (AvgIpc) is 2.88. The second kappa shape index (κ2) is 6.59. The van der Waals surface area contributed by atoms with E-state index in [0.29, 0.717) is 6.54 Å². The molecule has 1 fully saturated rings. The Morgan fingerprint density at radius 3 is 2.30 bits per heavy atom. The van der Waals surface area contributed by atoms with Crippen molar-refractivity contribution in [2.24, 2.45) is 0 Å². The smallest absolute Gasteiger partial charge is 0.302 e. The number of rotatable bonds is 5. The zero-order valence-corrected chi connectivity index (χ0v) is 11.7. The van der Waals surface area contributed by atoms with Crippen molar-refractivity contribution < 1.29 is 13.2 Å². The average molecular weight is 286 g/mol. The molecule has 2 rings (SSSR count). The number of hydrogen-bond donors (Lipinski definition) is 1. The van der Waals surface area contributed by atoms with Crippen LogP contribution in [0.15, 0.2) is 30.3 Å². The van der Waals surface area contributed by atoms with Crippen LogP contribution in [0.4, 0.5) is 13.2 Å². The van der Waals surface area contributed by atoms with Gasteiger partial charge in [0.15, 0.2) is 0 Å². The largest absolute Gasteiger partial charge is 0.407 e. The first-order valence-electron chi connectivity index (χ1n) is 7.07. The number of nitrogens with zero attached hydrogens (tertiary/aromatic N) is 1. The lowest BCUT2D eigenvalue weighted by molar-refractivity contribution is -0.159. The standard InChI is InChI=1S/C15H21F3N2/c1-12(11-20-9-5-6-10-20)19-14(15(16,17)18)13-7-3-2-4-8-13/h2-4,7-8,12,14,19H,5-6,9-11H2,1H3. The molecule has 112 valence electrons. The van der Waals surface area contributed by atoms with Crippen LogP contribution < -0.4 is 5.32 Å². The fraction of sp³-hybridized carbons (Fsp3) is 0.600. The Bertz CT molecular complexity index is 399. The van der Waals surface area contributed by atoms with Gasteiger partial charge in [-0.15, -0.1) is 0 Å². The summed E-state index contributed by atoms with van der Waals surface area (Å²) in [5.41, 5.74) is 0.272. The van der Waals surface area contributed by atoms with Crippen molar-refractivity contribution in [3.63, 3.8) is 0 Å². The predicted molar refractivity (Wildman–Crippen MR) is 73.5 cm³/mol. The summed E-state index contributed by atoms with van der Waals surface area (Å²) in [7, 11) is 0. The van der Waals surface area contributed by atoms with Crippen LogP contribution in [0.2, 0.25) is 0 Å². The molecule has 0 saturated carbocycles. The molecule has 0 spiro atoms. The van der Waals surface area contributed by atoms with Gasteiger partial charge in [0.25, 0.3) is 0 Å². The number of nitrogens with one attached hydrogen (secondary N) is 1. The van der Waals surface area contributed by atoms with Gasteiger partial charge in [-0.3, -0.25) is 5.32 Å². The Labute approximate surface area is 118 Å². The van der Waals surface area contributed by atoms with Crippen LogP contribution in [0.5, 0.6) is 0 Å². The van der Waals surface area contributed by atoms with Crippen LogP contribution in [-0.2, 0) is 0 Å². The van der Waals surface area contributed by atoms with Crippen molar-refractivity contribution in [3.8, 4) is 0 Å². The first-order chi connectivity index (χ1) is 9.47. The Hall–Kier alpha value is -1.07. The van der Waals surface area contributed by atoms with E-state index in [9.17, 15) is 13.2 Å². The monoisotopic (exact) mass is 286 g/mol. The fourth-order valence-electron chi connectivity index (χ4n) is 2.71. The van der Waals surface area contributed by atoms with E-state index in [-0.39, 0.29) is 11.6 Å². The van der Waals surface area contributed by atoms with Crippen molar-refractivity contribution in [1.82, 2.24) is 10.2 Å². The van der Waals surface area contributed by atoms with E-state index in [0.717, 1.165) is 25.9 Å². The molecule has 1 aromatic rings. The van der Waals surface area contributed by atoms with Gasteiger partial charge in [0.1, 0.15) is 6.04 Å². The van der Waals surface area contributed by atoms with Crippen LogP contribution in [0.3, 0.4) is 0 Å². The second-order valence-corrected chi connectivity index (χ2v) is 5.46. The van der Waals surface area contributed by atoms with Crippen LogP contribution in [0.1, 0.15) is 31.4 Å². The summed E-state index contributed by atoms with van der Waals surface area (Å²) in [6.45, 7) is 4.47. The second-order valence-electron chi connectivity index (χ2n) is 5.46. The maximum Gasteiger partial charge on any atom is 0.407 e. The number of halogens is 3. The number of benzene rings is 1. The molecule has 5 heteroatoms. The van der Waals surface area contributed by atoms with E-state index in [1.165, 1.54) is 12.1 Å². The van der Waals surface area contributed by atoms with Crippen molar-refractivity contribution in [2.75, 3.05) is 19.6 Å². The quantitative estimate of drug-likeness (QED) is 0.893. The minimum Gasteiger partial charge on any atom is -0.302 e. The van der Waals surface area contributed by atoms with Gasteiger partial charge in [-0.1, -0.05) is 30.3 Å². The van der Waals surface area contributed by atoms with Gasteiger partial charge in [0.2, 0.25) is 0 Å². The van der Waals surface area contributed by atoms with Gasteiger partial charge < -0.3 is 4.90 Å². The van der Waals surface area contributed by atoms with E-state index in [1.807, 2.05) is 6.92 Å². The molecule has 2 unspecified atom stereocenters. The zero-order valence-electron chi connectivity index (χ0n) is 11.7. The van der Waals surface area contributed by atoms with E-state index in [2.05, 4.69) is 10.2 Å². The fourth-order valence-corrected chi connectivity index (χ4v) is 2.71. The molecule has 1 aliphatic rings. The summed E-state index contributed by atoms with van der Waals surface area (Å²) in [4.78, 5) is 2.22. The SMILES string of the molecule is CC(CN1CCCC1)NC(c1ccccc1)C(F)(F)F. The summed E-state index contributed by atoms with van der Waals surface area (Å²) in [6.07, 6.45) is -1.98. The normalized spacial score (nSPS) is 20.0. The summed E-state index contributed by atoms with van der Waals surface area (Å²) in [5, 5.41) is 2.73. The third-order valence-corrected chi connectivity index (χ3v) is 3.64. The number of hydrogen-bond acceptors (Lipinski definition) is 2. The van der Waals surface area contributed by atoms with Gasteiger partial charge in [0, 0.05) is 12.6 Å². The van der Waals surface area contributed by atoms with Gasteiger partial charge in [-0.25, -0.2) is 0 Å². The minimum atomic E-state index is -4.28. The summed E-state index contributed by atoms with van der Waals surface area (Å²) in [5.74, 6) is 0. The Morgan fingerprint density at radius 1 is 1.15 bits per heavy atom. The molecular formula is C15H21F3N2.